The van der Waals surface area contributed by atoms with Gasteiger partial charge in [0.25, 0.3) is 0 Å². The quantitative estimate of drug-likeness (QED) is 0.485. The average molecular weight is 286 g/mol. The fourth-order valence-corrected chi connectivity index (χ4v) is 4.07. The lowest BCUT2D eigenvalue weighted by Crippen LogP contribution is -2.40. The Kier molecular flexibility index (Phi) is 3.91. The Bertz CT molecular complexity index is 487. The third-order valence-corrected chi connectivity index (χ3v) is 5.32. The average Bonchev–Trinajstić information content (AvgIpc) is 2.74. The van der Waals surface area contributed by atoms with E-state index in [4.69, 9.17) is 0 Å². The Labute approximate surface area is 113 Å². The number of thioether (sulfide) groups is 1. The van der Waals surface area contributed by atoms with Crippen LogP contribution in [0.4, 0.5) is 10.7 Å². The number of carbonyl (C=O) groups excluding carboxylic acids is 1. The van der Waals surface area contributed by atoms with Gasteiger partial charge in [-0.25, -0.2) is 0 Å². The van der Waals surface area contributed by atoms with Crippen molar-refractivity contribution in [3.05, 3.63) is 21.1 Å². The van der Waals surface area contributed by atoms with E-state index < -0.39 is 4.92 Å². The van der Waals surface area contributed by atoms with Crippen LogP contribution in [-0.2, 0) is 0 Å². The highest BCUT2D eigenvalue weighted by molar-refractivity contribution is 7.99. The predicted octanol–water partition coefficient (Wildman–Crippen LogP) is 2.80. The van der Waals surface area contributed by atoms with E-state index in [0.29, 0.717) is 9.88 Å². The maximum atomic E-state index is 11.4. The van der Waals surface area contributed by atoms with Gasteiger partial charge in [-0.2, -0.15) is 11.8 Å². The van der Waals surface area contributed by atoms with Gasteiger partial charge in [0.2, 0.25) is 0 Å². The molecular weight excluding hydrogens is 272 g/mol. The standard InChI is InChI=1S/C11H14N2O3S2/c1-7-6-17-4-3-12(7)11-9(13(15)16)5-10(18-11)8(2)14/h5,7H,3-4,6H2,1-2H3. The number of nitro groups is 1. The molecule has 0 amide bonds. The van der Waals surface area contributed by atoms with E-state index in [9.17, 15) is 14.9 Å². The van der Waals surface area contributed by atoms with Crippen molar-refractivity contribution in [3.8, 4) is 0 Å². The van der Waals surface area contributed by atoms with Crippen molar-refractivity contribution < 1.29 is 9.72 Å². The number of carbonyl (C=O) groups is 1. The molecule has 1 saturated heterocycles. The van der Waals surface area contributed by atoms with Crippen molar-refractivity contribution in [1.29, 1.82) is 0 Å². The summed E-state index contributed by atoms with van der Waals surface area (Å²) in [4.78, 5) is 24.6. The Morgan fingerprint density at radius 2 is 2.33 bits per heavy atom. The van der Waals surface area contributed by atoms with Crippen LogP contribution in [0.5, 0.6) is 0 Å². The number of hydrogen-bond acceptors (Lipinski definition) is 6. The molecule has 0 saturated carbocycles. The minimum absolute atomic E-state index is 0.0592. The van der Waals surface area contributed by atoms with Gasteiger partial charge in [0.05, 0.1) is 9.80 Å². The molecule has 0 spiro atoms. The first kappa shape index (κ1) is 13.4. The maximum Gasteiger partial charge on any atom is 0.304 e. The molecule has 1 aromatic heterocycles. The van der Waals surface area contributed by atoms with E-state index in [1.807, 2.05) is 16.7 Å². The fourth-order valence-electron chi connectivity index (χ4n) is 1.91. The second kappa shape index (κ2) is 5.27. The topological polar surface area (TPSA) is 63.4 Å². The summed E-state index contributed by atoms with van der Waals surface area (Å²) >= 11 is 3.09. The van der Waals surface area contributed by atoms with Crippen molar-refractivity contribution >= 4 is 39.6 Å². The molecule has 0 aromatic carbocycles. The lowest BCUT2D eigenvalue weighted by atomic mass is 10.3. The SMILES string of the molecule is CC(=O)c1cc([N+](=O)[O-])c(N2CCSCC2C)s1. The third kappa shape index (κ3) is 2.51. The van der Waals surface area contributed by atoms with Crippen LogP contribution in [0.3, 0.4) is 0 Å². The monoisotopic (exact) mass is 286 g/mol. The molecule has 1 aliphatic rings. The number of Topliss-reactive ketones (excluding diaryl/α,β-unsaturated/α-hetero) is 1. The number of hydrogen-bond donors (Lipinski definition) is 0. The summed E-state index contributed by atoms with van der Waals surface area (Å²) in [6.45, 7) is 4.29. The van der Waals surface area contributed by atoms with Crippen molar-refractivity contribution in [2.45, 2.75) is 19.9 Å². The molecule has 2 heterocycles. The van der Waals surface area contributed by atoms with Crippen molar-refractivity contribution in [2.75, 3.05) is 23.0 Å². The van der Waals surface area contributed by atoms with Gasteiger partial charge >= 0.3 is 5.69 Å². The van der Waals surface area contributed by atoms with Crippen LogP contribution in [-0.4, -0.2) is 34.8 Å². The molecule has 1 aromatic rings. The molecule has 1 aliphatic heterocycles. The first-order valence-electron chi connectivity index (χ1n) is 5.64. The second-order valence-electron chi connectivity index (χ2n) is 4.23. The highest BCUT2D eigenvalue weighted by Crippen LogP contribution is 2.40. The van der Waals surface area contributed by atoms with E-state index in [0.717, 1.165) is 18.1 Å². The summed E-state index contributed by atoms with van der Waals surface area (Å²) in [6, 6.07) is 1.66. The normalized spacial score (nSPS) is 19.9. The Morgan fingerprint density at radius 3 is 2.89 bits per heavy atom. The van der Waals surface area contributed by atoms with E-state index in [1.165, 1.54) is 24.3 Å². The van der Waals surface area contributed by atoms with E-state index in [-0.39, 0.29) is 17.5 Å². The molecule has 0 aliphatic carbocycles. The lowest BCUT2D eigenvalue weighted by Gasteiger charge is -2.33. The summed E-state index contributed by atoms with van der Waals surface area (Å²) in [5.74, 6) is 1.81. The van der Waals surface area contributed by atoms with Crippen molar-refractivity contribution in [3.63, 3.8) is 0 Å². The molecule has 0 radical (unpaired) electrons. The summed E-state index contributed by atoms with van der Waals surface area (Å²) in [7, 11) is 0. The number of rotatable bonds is 3. The van der Waals surface area contributed by atoms with Crippen molar-refractivity contribution in [1.82, 2.24) is 0 Å². The summed E-state index contributed by atoms with van der Waals surface area (Å²) in [5.41, 5.74) is 0.0592. The van der Waals surface area contributed by atoms with Crippen molar-refractivity contribution in [2.24, 2.45) is 0 Å². The van der Waals surface area contributed by atoms with Gasteiger partial charge in [-0.1, -0.05) is 0 Å². The van der Waals surface area contributed by atoms with Gasteiger partial charge < -0.3 is 4.90 Å². The minimum atomic E-state index is -0.396. The van der Waals surface area contributed by atoms with Crippen LogP contribution in [0.2, 0.25) is 0 Å². The van der Waals surface area contributed by atoms with Crippen LogP contribution >= 0.6 is 23.1 Å². The molecule has 0 N–H and O–H groups in total. The molecule has 98 valence electrons. The Balaban J connectivity index is 2.41. The zero-order valence-corrected chi connectivity index (χ0v) is 11.8. The zero-order valence-electron chi connectivity index (χ0n) is 10.2. The summed E-state index contributed by atoms with van der Waals surface area (Å²) in [6.07, 6.45) is 0. The molecule has 0 bridgehead atoms. The van der Waals surface area contributed by atoms with Gasteiger partial charge in [0.15, 0.2) is 10.8 Å². The van der Waals surface area contributed by atoms with Crippen LogP contribution in [0, 0.1) is 10.1 Å². The first-order valence-corrected chi connectivity index (χ1v) is 7.61. The van der Waals surface area contributed by atoms with Gasteiger partial charge in [-0.05, 0) is 13.8 Å². The van der Waals surface area contributed by atoms with E-state index in [1.54, 1.807) is 0 Å². The van der Waals surface area contributed by atoms with Crippen LogP contribution in [0.25, 0.3) is 0 Å². The van der Waals surface area contributed by atoms with Crippen LogP contribution in [0.1, 0.15) is 23.5 Å². The highest BCUT2D eigenvalue weighted by atomic mass is 32.2. The molecule has 1 fully saturated rings. The van der Waals surface area contributed by atoms with E-state index in [2.05, 4.69) is 6.92 Å². The lowest BCUT2D eigenvalue weighted by molar-refractivity contribution is -0.383. The molecule has 2 rings (SSSR count). The number of anilines is 1. The highest BCUT2D eigenvalue weighted by Gasteiger charge is 2.29. The summed E-state index contributed by atoms with van der Waals surface area (Å²) in [5, 5.41) is 11.7. The Morgan fingerprint density at radius 1 is 1.61 bits per heavy atom. The minimum Gasteiger partial charge on any atom is -0.353 e. The molecule has 5 nitrogen and oxygen atoms in total. The molecule has 1 atom stereocenters. The van der Waals surface area contributed by atoms with Crippen LogP contribution < -0.4 is 4.90 Å². The summed E-state index contributed by atoms with van der Waals surface area (Å²) < 4.78 is 0. The largest absolute Gasteiger partial charge is 0.353 e. The smallest absolute Gasteiger partial charge is 0.304 e. The number of thiophene rings is 1. The van der Waals surface area contributed by atoms with Gasteiger partial charge in [-0.3, -0.25) is 14.9 Å². The van der Waals surface area contributed by atoms with Gasteiger partial charge in [0.1, 0.15) is 0 Å². The fraction of sp³-hybridized carbons (Fsp3) is 0.545. The molecular formula is C11H14N2O3S2. The third-order valence-electron chi connectivity index (χ3n) is 2.87. The van der Waals surface area contributed by atoms with Gasteiger partial charge in [-0.15, -0.1) is 11.3 Å². The molecule has 7 heteroatoms. The van der Waals surface area contributed by atoms with E-state index >= 15 is 0 Å². The molecule has 18 heavy (non-hydrogen) atoms. The zero-order chi connectivity index (χ0) is 13.3. The first-order chi connectivity index (χ1) is 8.50. The number of nitrogens with zero attached hydrogens (tertiary/aromatic N) is 2. The second-order valence-corrected chi connectivity index (χ2v) is 6.41. The Hall–Kier alpha value is -1.08. The maximum absolute atomic E-state index is 11.4. The predicted molar refractivity (Wildman–Crippen MR) is 75.1 cm³/mol. The molecule has 1 unspecified atom stereocenters. The number of ketones is 1. The van der Waals surface area contributed by atoms with Crippen LogP contribution in [0.15, 0.2) is 6.07 Å². The van der Waals surface area contributed by atoms with Gasteiger partial charge in [0, 0.05) is 30.2 Å².